The van der Waals surface area contributed by atoms with Crippen molar-refractivity contribution < 1.29 is 4.74 Å². The Morgan fingerprint density at radius 1 is 1.30 bits per heavy atom. The van der Waals surface area contributed by atoms with E-state index < -0.39 is 0 Å². The molecule has 0 bridgehead atoms. The van der Waals surface area contributed by atoms with Crippen LogP contribution in [0.15, 0.2) is 4.99 Å². The van der Waals surface area contributed by atoms with Gasteiger partial charge in [-0.2, -0.15) is 0 Å². The number of rotatable bonds is 5. The number of aliphatic imine (C=N–C) groups is 1. The number of nitrogens with zero attached hydrogens (tertiary/aromatic N) is 1. The molecule has 3 unspecified atom stereocenters. The molecule has 1 saturated heterocycles. The largest absolute Gasteiger partial charge is 0.377 e. The predicted molar refractivity (Wildman–Crippen MR) is 95.7 cm³/mol. The normalized spacial score (nSPS) is 34.5. The van der Waals surface area contributed by atoms with Crippen LogP contribution >= 0.6 is 0 Å². The monoisotopic (exact) mass is 321 g/mol. The summed E-state index contributed by atoms with van der Waals surface area (Å²) in [6.07, 6.45) is 7.05. The van der Waals surface area contributed by atoms with Gasteiger partial charge in [0, 0.05) is 37.6 Å². The first-order valence-electron chi connectivity index (χ1n) is 9.47. The lowest BCUT2D eigenvalue weighted by Gasteiger charge is -2.55. The van der Waals surface area contributed by atoms with E-state index in [9.17, 15) is 0 Å². The number of guanidine groups is 1. The Morgan fingerprint density at radius 2 is 2.04 bits per heavy atom. The van der Waals surface area contributed by atoms with Crippen molar-refractivity contribution >= 4 is 5.96 Å². The third-order valence-corrected chi connectivity index (χ3v) is 6.50. The molecule has 132 valence electrons. The Morgan fingerprint density at radius 3 is 2.61 bits per heavy atom. The molecule has 23 heavy (non-hydrogen) atoms. The maximum Gasteiger partial charge on any atom is 0.191 e. The maximum absolute atomic E-state index is 5.90. The third kappa shape index (κ3) is 3.11. The van der Waals surface area contributed by atoms with Crippen LogP contribution in [-0.4, -0.2) is 38.3 Å². The van der Waals surface area contributed by atoms with E-state index in [1.165, 1.54) is 32.1 Å². The molecule has 2 N–H and O–H groups in total. The van der Waals surface area contributed by atoms with Crippen LogP contribution < -0.4 is 10.6 Å². The van der Waals surface area contributed by atoms with Gasteiger partial charge in [-0.05, 0) is 37.0 Å². The van der Waals surface area contributed by atoms with Gasteiger partial charge in [-0.3, -0.25) is 4.99 Å². The zero-order valence-corrected chi connectivity index (χ0v) is 15.6. The molecule has 0 aromatic carbocycles. The topological polar surface area (TPSA) is 45.7 Å². The van der Waals surface area contributed by atoms with Crippen LogP contribution in [0.1, 0.15) is 59.8 Å². The van der Waals surface area contributed by atoms with Crippen molar-refractivity contribution in [3.63, 3.8) is 0 Å². The molecule has 3 fully saturated rings. The highest BCUT2D eigenvalue weighted by Gasteiger charge is 2.59. The summed E-state index contributed by atoms with van der Waals surface area (Å²) in [5.41, 5.74) is 0.699. The molecule has 1 heterocycles. The Labute approximate surface area is 141 Å². The highest BCUT2D eigenvalue weighted by Crippen LogP contribution is 2.52. The molecule has 0 aromatic heterocycles. The first-order valence-corrected chi connectivity index (χ1v) is 9.47. The van der Waals surface area contributed by atoms with Crippen LogP contribution in [0.3, 0.4) is 0 Å². The number of fused-ring (bicyclic) bond motifs is 1. The van der Waals surface area contributed by atoms with Crippen molar-refractivity contribution in [3.8, 4) is 0 Å². The highest BCUT2D eigenvalue weighted by molar-refractivity contribution is 5.80. The van der Waals surface area contributed by atoms with Gasteiger partial charge < -0.3 is 15.4 Å². The molecule has 0 spiro atoms. The van der Waals surface area contributed by atoms with Crippen molar-refractivity contribution in [2.75, 3.05) is 20.2 Å². The average Bonchev–Trinajstić information content (AvgIpc) is 2.90. The Balaban J connectivity index is 1.55. The maximum atomic E-state index is 5.90. The molecule has 4 nitrogen and oxygen atoms in total. The first-order chi connectivity index (χ1) is 10.9. The van der Waals surface area contributed by atoms with E-state index in [2.05, 4.69) is 43.3 Å². The lowest BCUT2D eigenvalue weighted by molar-refractivity contribution is -0.106. The van der Waals surface area contributed by atoms with Crippen LogP contribution in [0.4, 0.5) is 0 Å². The van der Waals surface area contributed by atoms with Crippen molar-refractivity contribution in [1.29, 1.82) is 0 Å². The summed E-state index contributed by atoms with van der Waals surface area (Å²) in [7, 11) is 1.89. The Kier molecular flexibility index (Phi) is 4.65. The van der Waals surface area contributed by atoms with Crippen LogP contribution in [0, 0.1) is 22.7 Å². The second-order valence-corrected chi connectivity index (χ2v) is 9.06. The minimum atomic E-state index is 0.199. The smallest absolute Gasteiger partial charge is 0.191 e. The lowest BCUT2D eigenvalue weighted by atomic mass is 9.57. The number of ether oxygens (including phenoxy) is 1. The standard InChI is InChI=1S/C19H35N3O/c1-13(2)11-19(8-6-9-19)12-21-17(20-5)22-15-14-7-10-23-16(14)18(15,3)4/h13-16H,6-12H2,1-5H3,(H2,20,21,22). The Hall–Kier alpha value is -0.770. The van der Waals surface area contributed by atoms with Gasteiger partial charge in [0.15, 0.2) is 5.96 Å². The van der Waals surface area contributed by atoms with E-state index in [1.54, 1.807) is 0 Å². The number of hydrogen-bond donors (Lipinski definition) is 2. The molecule has 0 amide bonds. The second kappa shape index (κ2) is 6.27. The fraction of sp³-hybridized carbons (Fsp3) is 0.947. The minimum absolute atomic E-state index is 0.199. The number of nitrogens with one attached hydrogen (secondary N) is 2. The molecule has 3 aliphatic rings. The minimum Gasteiger partial charge on any atom is -0.377 e. The van der Waals surface area contributed by atoms with Crippen LogP contribution in [0.25, 0.3) is 0 Å². The van der Waals surface area contributed by atoms with Gasteiger partial charge in [-0.1, -0.05) is 34.1 Å². The fourth-order valence-electron chi connectivity index (χ4n) is 5.23. The van der Waals surface area contributed by atoms with Gasteiger partial charge in [-0.15, -0.1) is 0 Å². The van der Waals surface area contributed by atoms with Crippen molar-refractivity contribution in [2.24, 2.45) is 27.7 Å². The van der Waals surface area contributed by atoms with Gasteiger partial charge in [0.25, 0.3) is 0 Å². The van der Waals surface area contributed by atoms with E-state index in [4.69, 9.17) is 4.74 Å². The molecule has 1 aliphatic heterocycles. The predicted octanol–water partition coefficient (Wildman–Crippen LogP) is 3.18. The van der Waals surface area contributed by atoms with E-state index >= 15 is 0 Å². The first kappa shape index (κ1) is 17.1. The molecule has 2 aliphatic carbocycles. The number of hydrogen-bond acceptors (Lipinski definition) is 2. The quantitative estimate of drug-likeness (QED) is 0.604. The SMILES string of the molecule is CN=C(NCC1(CC(C)C)CCC1)NC1C2CCOC2C1(C)C. The summed E-state index contributed by atoms with van der Waals surface area (Å²) in [5.74, 6) is 2.40. The van der Waals surface area contributed by atoms with Crippen molar-refractivity contribution in [1.82, 2.24) is 10.6 Å². The molecule has 4 heteroatoms. The van der Waals surface area contributed by atoms with Gasteiger partial charge in [0.05, 0.1) is 6.10 Å². The van der Waals surface area contributed by atoms with Gasteiger partial charge >= 0.3 is 0 Å². The molecule has 3 rings (SSSR count). The molecule has 0 aromatic rings. The summed E-state index contributed by atoms with van der Waals surface area (Å²) in [6, 6.07) is 0.476. The van der Waals surface area contributed by atoms with Gasteiger partial charge in [0.2, 0.25) is 0 Å². The second-order valence-electron chi connectivity index (χ2n) is 9.06. The van der Waals surface area contributed by atoms with Gasteiger partial charge in [-0.25, -0.2) is 0 Å². The van der Waals surface area contributed by atoms with Crippen LogP contribution in [0.5, 0.6) is 0 Å². The summed E-state index contributed by atoms with van der Waals surface area (Å²) in [5, 5.41) is 7.33. The molecular weight excluding hydrogens is 286 g/mol. The molecular formula is C19H35N3O. The summed E-state index contributed by atoms with van der Waals surface area (Å²) in [4.78, 5) is 4.48. The summed E-state index contributed by atoms with van der Waals surface area (Å²) in [6.45, 7) is 11.3. The highest BCUT2D eigenvalue weighted by atomic mass is 16.5. The van der Waals surface area contributed by atoms with E-state index in [1.807, 2.05) is 7.05 Å². The van der Waals surface area contributed by atoms with Crippen molar-refractivity contribution in [3.05, 3.63) is 0 Å². The summed E-state index contributed by atoms with van der Waals surface area (Å²) >= 11 is 0. The van der Waals surface area contributed by atoms with Gasteiger partial charge in [0.1, 0.15) is 0 Å². The third-order valence-electron chi connectivity index (χ3n) is 6.50. The molecule has 0 radical (unpaired) electrons. The molecule has 2 saturated carbocycles. The van der Waals surface area contributed by atoms with E-state index in [-0.39, 0.29) is 5.41 Å². The van der Waals surface area contributed by atoms with E-state index in [0.29, 0.717) is 23.5 Å². The zero-order chi connectivity index (χ0) is 16.7. The van der Waals surface area contributed by atoms with Crippen LogP contribution in [-0.2, 0) is 4.74 Å². The molecule has 3 atom stereocenters. The van der Waals surface area contributed by atoms with Crippen LogP contribution in [0.2, 0.25) is 0 Å². The van der Waals surface area contributed by atoms with E-state index in [0.717, 1.165) is 25.0 Å². The fourth-order valence-corrected chi connectivity index (χ4v) is 5.23. The van der Waals surface area contributed by atoms with Crippen molar-refractivity contribution in [2.45, 2.75) is 71.9 Å². The average molecular weight is 322 g/mol. The summed E-state index contributed by atoms with van der Waals surface area (Å²) < 4.78 is 5.90. The lowest BCUT2D eigenvalue weighted by Crippen LogP contribution is -2.68. The Bertz CT molecular complexity index is 454. The zero-order valence-electron chi connectivity index (χ0n) is 15.6.